The molecule has 16 heavy (non-hydrogen) atoms. The van der Waals surface area contributed by atoms with Gasteiger partial charge in [0.25, 0.3) is 0 Å². The number of hydrogen-bond donors (Lipinski definition) is 1. The highest BCUT2D eigenvalue weighted by molar-refractivity contribution is 7.15. The van der Waals surface area contributed by atoms with Crippen LogP contribution in [-0.2, 0) is 0 Å². The first kappa shape index (κ1) is 11.2. The first-order chi connectivity index (χ1) is 7.70. The highest BCUT2D eigenvalue weighted by Crippen LogP contribution is 2.27. The molecule has 1 N–H and O–H groups in total. The average Bonchev–Trinajstić information content (AvgIpc) is 2.77. The Hall–Kier alpha value is -1.26. The van der Waals surface area contributed by atoms with Crippen LogP contribution >= 0.6 is 11.3 Å². The predicted molar refractivity (Wildman–Crippen MR) is 67.6 cm³/mol. The van der Waals surface area contributed by atoms with Gasteiger partial charge in [0.2, 0.25) is 0 Å². The van der Waals surface area contributed by atoms with E-state index < -0.39 is 0 Å². The summed E-state index contributed by atoms with van der Waals surface area (Å²) < 4.78 is 0. The van der Waals surface area contributed by atoms with Gasteiger partial charge in [-0.25, -0.2) is 4.98 Å². The number of hydrogen-bond acceptors (Lipinski definition) is 4. The van der Waals surface area contributed by atoms with Crippen molar-refractivity contribution in [3.05, 3.63) is 35.0 Å². The first-order valence-electron chi connectivity index (χ1n) is 5.27. The second-order valence-corrected chi connectivity index (χ2v) is 4.80. The van der Waals surface area contributed by atoms with E-state index in [1.807, 2.05) is 38.4 Å². The van der Waals surface area contributed by atoms with Crippen molar-refractivity contribution in [1.29, 1.82) is 0 Å². The molecule has 3 nitrogen and oxygen atoms in total. The van der Waals surface area contributed by atoms with Gasteiger partial charge < -0.3 is 5.32 Å². The van der Waals surface area contributed by atoms with Gasteiger partial charge in [-0.15, -0.1) is 11.3 Å². The number of nitrogens with one attached hydrogen (secondary N) is 1. The molecule has 2 heterocycles. The molecule has 0 radical (unpaired) electrons. The molecule has 0 fully saturated rings. The molecule has 2 aromatic heterocycles. The van der Waals surface area contributed by atoms with E-state index in [2.05, 4.69) is 22.2 Å². The quantitative estimate of drug-likeness (QED) is 0.885. The molecule has 0 bridgehead atoms. The molecular formula is C12H15N3S. The van der Waals surface area contributed by atoms with Crippen molar-refractivity contribution < 1.29 is 0 Å². The minimum Gasteiger partial charge on any atom is -0.312 e. The molecule has 0 amide bonds. The Morgan fingerprint density at radius 3 is 2.88 bits per heavy atom. The van der Waals surface area contributed by atoms with Gasteiger partial charge in [-0.2, -0.15) is 0 Å². The van der Waals surface area contributed by atoms with Gasteiger partial charge >= 0.3 is 0 Å². The number of pyridine rings is 1. The van der Waals surface area contributed by atoms with Crippen LogP contribution in [0.1, 0.15) is 23.5 Å². The Morgan fingerprint density at radius 2 is 2.19 bits per heavy atom. The lowest BCUT2D eigenvalue weighted by molar-refractivity contribution is 0.662. The van der Waals surface area contributed by atoms with E-state index >= 15 is 0 Å². The maximum absolute atomic E-state index is 4.47. The summed E-state index contributed by atoms with van der Waals surface area (Å²) in [7, 11) is 1.95. The number of aryl methyl sites for hydroxylation is 1. The topological polar surface area (TPSA) is 37.8 Å². The second kappa shape index (κ2) is 4.72. The summed E-state index contributed by atoms with van der Waals surface area (Å²) in [6.07, 6.45) is 1.92. The summed E-state index contributed by atoms with van der Waals surface area (Å²) in [6.45, 7) is 4.12. The summed E-state index contributed by atoms with van der Waals surface area (Å²) in [5.74, 6) is 0. The fourth-order valence-corrected chi connectivity index (χ4v) is 2.36. The molecule has 0 saturated heterocycles. The molecule has 2 rings (SSSR count). The van der Waals surface area contributed by atoms with Gasteiger partial charge in [0.05, 0.1) is 5.69 Å². The van der Waals surface area contributed by atoms with E-state index in [1.165, 1.54) is 4.88 Å². The summed E-state index contributed by atoms with van der Waals surface area (Å²) in [6, 6.07) is 6.35. The first-order valence-corrected chi connectivity index (χ1v) is 6.09. The summed E-state index contributed by atoms with van der Waals surface area (Å²) in [5.41, 5.74) is 1.98. The Morgan fingerprint density at radius 1 is 1.38 bits per heavy atom. The summed E-state index contributed by atoms with van der Waals surface area (Å²) in [4.78, 5) is 10.1. The number of aromatic nitrogens is 2. The van der Waals surface area contributed by atoms with Crippen LogP contribution in [0.2, 0.25) is 0 Å². The zero-order valence-electron chi connectivity index (χ0n) is 9.69. The van der Waals surface area contributed by atoms with E-state index in [0.717, 1.165) is 16.4 Å². The molecule has 0 aliphatic carbocycles. The standard InChI is InChI=1S/C12H15N3S/c1-8-5-4-6-10(15-8)12-14-7-11(16-12)9(2)13-3/h4-7,9,13H,1-3H3. The molecule has 84 valence electrons. The molecule has 1 atom stereocenters. The van der Waals surface area contributed by atoms with Crippen LogP contribution in [0.25, 0.3) is 10.7 Å². The number of thiazole rings is 1. The second-order valence-electron chi connectivity index (χ2n) is 3.74. The monoisotopic (exact) mass is 233 g/mol. The third-order valence-electron chi connectivity index (χ3n) is 2.49. The molecule has 0 aliphatic rings. The van der Waals surface area contributed by atoms with E-state index in [-0.39, 0.29) is 0 Å². The van der Waals surface area contributed by atoms with Gasteiger partial charge in [0.15, 0.2) is 0 Å². The summed E-state index contributed by atoms with van der Waals surface area (Å²) >= 11 is 1.69. The zero-order valence-corrected chi connectivity index (χ0v) is 10.5. The molecule has 0 aromatic carbocycles. The van der Waals surface area contributed by atoms with Gasteiger partial charge in [-0.1, -0.05) is 6.07 Å². The van der Waals surface area contributed by atoms with Crippen molar-refractivity contribution in [1.82, 2.24) is 15.3 Å². The van der Waals surface area contributed by atoms with Gasteiger partial charge in [-0.05, 0) is 33.0 Å². The van der Waals surface area contributed by atoms with Crippen LogP contribution in [0, 0.1) is 6.92 Å². The van der Waals surface area contributed by atoms with Gasteiger partial charge in [0.1, 0.15) is 5.01 Å². The third kappa shape index (κ3) is 2.28. The molecule has 2 aromatic rings. The number of nitrogens with zero attached hydrogens (tertiary/aromatic N) is 2. The molecule has 4 heteroatoms. The van der Waals surface area contributed by atoms with Crippen LogP contribution in [0.5, 0.6) is 0 Å². The van der Waals surface area contributed by atoms with Crippen LogP contribution in [0.4, 0.5) is 0 Å². The van der Waals surface area contributed by atoms with Crippen molar-refractivity contribution in [3.8, 4) is 10.7 Å². The highest BCUT2D eigenvalue weighted by atomic mass is 32.1. The molecule has 0 aliphatic heterocycles. The molecule has 1 unspecified atom stereocenters. The lowest BCUT2D eigenvalue weighted by Crippen LogP contribution is -2.10. The van der Waals surface area contributed by atoms with Crippen molar-refractivity contribution >= 4 is 11.3 Å². The minimum absolute atomic E-state index is 0.344. The average molecular weight is 233 g/mol. The van der Waals surface area contributed by atoms with Crippen molar-refractivity contribution in [2.45, 2.75) is 19.9 Å². The van der Waals surface area contributed by atoms with E-state index in [9.17, 15) is 0 Å². The normalized spacial score (nSPS) is 12.7. The zero-order chi connectivity index (χ0) is 11.5. The molecule has 0 saturated carbocycles. The van der Waals surface area contributed by atoms with Crippen molar-refractivity contribution in [2.24, 2.45) is 0 Å². The Bertz CT molecular complexity index is 479. The predicted octanol–water partition coefficient (Wildman–Crippen LogP) is 2.79. The Labute approximate surface area is 99.6 Å². The smallest absolute Gasteiger partial charge is 0.142 e. The van der Waals surface area contributed by atoms with E-state index in [1.54, 1.807) is 11.3 Å². The fraction of sp³-hybridized carbons (Fsp3) is 0.333. The Kier molecular flexibility index (Phi) is 3.31. The minimum atomic E-state index is 0.344. The van der Waals surface area contributed by atoms with Crippen molar-refractivity contribution in [3.63, 3.8) is 0 Å². The molecule has 0 spiro atoms. The lowest BCUT2D eigenvalue weighted by Gasteiger charge is -2.04. The van der Waals surface area contributed by atoms with Crippen LogP contribution in [0.3, 0.4) is 0 Å². The van der Waals surface area contributed by atoms with Crippen molar-refractivity contribution in [2.75, 3.05) is 7.05 Å². The third-order valence-corrected chi connectivity index (χ3v) is 3.69. The van der Waals surface area contributed by atoms with Gasteiger partial charge in [0, 0.05) is 22.8 Å². The largest absolute Gasteiger partial charge is 0.312 e. The molecular weight excluding hydrogens is 218 g/mol. The fourth-order valence-electron chi connectivity index (χ4n) is 1.41. The maximum Gasteiger partial charge on any atom is 0.142 e. The van der Waals surface area contributed by atoms with E-state index in [0.29, 0.717) is 6.04 Å². The lowest BCUT2D eigenvalue weighted by atomic mass is 10.3. The van der Waals surface area contributed by atoms with Crippen LogP contribution < -0.4 is 5.32 Å². The van der Waals surface area contributed by atoms with Crippen LogP contribution in [-0.4, -0.2) is 17.0 Å². The van der Waals surface area contributed by atoms with Gasteiger partial charge in [-0.3, -0.25) is 4.98 Å². The van der Waals surface area contributed by atoms with E-state index in [4.69, 9.17) is 0 Å². The van der Waals surface area contributed by atoms with Crippen LogP contribution in [0.15, 0.2) is 24.4 Å². The summed E-state index contributed by atoms with van der Waals surface area (Å²) in [5, 5.41) is 4.19. The maximum atomic E-state index is 4.47. The SMILES string of the molecule is CNC(C)c1cnc(-c2cccc(C)n2)s1. The highest BCUT2D eigenvalue weighted by Gasteiger charge is 2.09. The Balaban J connectivity index is 2.31. The number of rotatable bonds is 3.